The van der Waals surface area contributed by atoms with Gasteiger partial charge in [-0.05, 0) is 13.0 Å². The molecule has 0 heterocycles. The summed E-state index contributed by atoms with van der Waals surface area (Å²) < 4.78 is 37.3. The van der Waals surface area contributed by atoms with Gasteiger partial charge in [-0.1, -0.05) is 6.07 Å². The van der Waals surface area contributed by atoms with Crippen LogP contribution in [-0.2, 0) is 6.54 Å². The topological polar surface area (TPSA) is 81.9 Å². The molecule has 9 heteroatoms. The number of carbonyl (C=O) groups is 1. The summed E-state index contributed by atoms with van der Waals surface area (Å²) in [5.41, 5.74) is -0.617. The van der Waals surface area contributed by atoms with Crippen molar-refractivity contribution in [2.24, 2.45) is 0 Å². The molecule has 1 amide bonds. The number of hydrogen-bond acceptors (Lipinski definition) is 5. The monoisotopic (exact) mass is 380 g/mol. The van der Waals surface area contributed by atoms with Crippen LogP contribution in [0.2, 0.25) is 0 Å². The summed E-state index contributed by atoms with van der Waals surface area (Å²) in [6, 6.07) is 5.31. The lowest BCUT2D eigenvalue weighted by Crippen LogP contribution is -2.27. The lowest BCUT2D eigenvalue weighted by molar-refractivity contribution is -0.385. The average Bonchev–Trinajstić information content (AvgIpc) is 2.63. The van der Waals surface area contributed by atoms with Crippen molar-refractivity contribution in [3.05, 3.63) is 63.2 Å². The molecule has 0 spiro atoms. The molecule has 2 aromatic carbocycles. The summed E-state index contributed by atoms with van der Waals surface area (Å²) in [4.78, 5) is 24.5. The highest BCUT2D eigenvalue weighted by atomic mass is 19.1. The van der Waals surface area contributed by atoms with Crippen LogP contribution in [0.4, 0.5) is 14.5 Å². The van der Waals surface area contributed by atoms with Crippen LogP contribution in [0.25, 0.3) is 0 Å². The Kier molecular flexibility index (Phi) is 6.27. The van der Waals surface area contributed by atoms with Crippen LogP contribution in [0.1, 0.15) is 22.8 Å². The SMILES string of the molecule is CCOc1cc([N+](=O)[O-])c(C(=O)N(C)Cc2ccc(F)cc2F)cc1OC. The number of nitro benzene ring substituents is 1. The average molecular weight is 380 g/mol. The molecule has 2 aromatic rings. The maximum atomic E-state index is 13.8. The number of nitro groups is 1. The maximum Gasteiger partial charge on any atom is 0.286 e. The molecule has 7 nitrogen and oxygen atoms in total. The van der Waals surface area contributed by atoms with Crippen LogP contribution < -0.4 is 9.47 Å². The van der Waals surface area contributed by atoms with E-state index in [1.807, 2.05) is 0 Å². The molecule has 144 valence electrons. The van der Waals surface area contributed by atoms with E-state index in [1.54, 1.807) is 6.92 Å². The van der Waals surface area contributed by atoms with E-state index in [2.05, 4.69) is 0 Å². The first-order valence-corrected chi connectivity index (χ1v) is 7.97. The Bertz CT molecular complexity index is 873. The standard InChI is InChI=1S/C18H18F2N2O5/c1-4-27-17-9-15(22(24)25)13(8-16(17)26-3)18(23)21(2)10-11-5-6-12(19)7-14(11)20/h5-9H,4,10H2,1-3H3. The molecule has 0 saturated heterocycles. The molecular formula is C18H18F2N2O5. The van der Waals surface area contributed by atoms with Gasteiger partial charge in [0, 0.05) is 31.3 Å². The van der Waals surface area contributed by atoms with Crippen molar-refractivity contribution < 1.29 is 28.0 Å². The quantitative estimate of drug-likeness (QED) is 0.542. The minimum Gasteiger partial charge on any atom is -0.493 e. The number of benzene rings is 2. The van der Waals surface area contributed by atoms with Crippen molar-refractivity contribution >= 4 is 11.6 Å². The highest BCUT2D eigenvalue weighted by Gasteiger charge is 2.27. The van der Waals surface area contributed by atoms with Gasteiger partial charge in [0.05, 0.1) is 24.7 Å². The molecule has 27 heavy (non-hydrogen) atoms. The predicted molar refractivity (Wildman–Crippen MR) is 93.0 cm³/mol. The van der Waals surface area contributed by atoms with Crippen molar-refractivity contribution in [2.75, 3.05) is 20.8 Å². The molecule has 0 N–H and O–H groups in total. The van der Waals surface area contributed by atoms with Crippen LogP contribution in [0.15, 0.2) is 30.3 Å². The van der Waals surface area contributed by atoms with Crippen LogP contribution in [0.5, 0.6) is 11.5 Å². The number of nitrogens with zero attached hydrogens (tertiary/aromatic N) is 2. The highest BCUT2D eigenvalue weighted by Crippen LogP contribution is 2.35. The van der Waals surface area contributed by atoms with Gasteiger partial charge in [-0.15, -0.1) is 0 Å². The van der Waals surface area contributed by atoms with Gasteiger partial charge >= 0.3 is 0 Å². The van der Waals surface area contributed by atoms with Gasteiger partial charge in [0.1, 0.15) is 17.2 Å². The Hall–Kier alpha value is -3.23. The molecule has 0 bridgehead atoms. The minimum absolute atomic E-state index is 0.0767. The smallest absolute Gasteiger partial charge is 0.286 e. The van der Waals surface area contributed by atoms with Crippen LogP contribution >= 0.6 is 0 Å². The van der Waals surface area contributed by atoms with E-state index in [0.29, 0.717) is 6.07 Å². The number of rotatable bonds is 7. The van der Waals surface area contributed by atoms with E-state index >= 15 is 0 Å². The zero-order chi connectivity index (χ0) is 20.1. The minimum atomic E-state index is -0.812. The predicted octanol–water partition coefficient (Wildman–Crippen LogP) is 3.55. The van der Waals surface area contributed by atoms with Crippen LogP contribution in [0.3, 0.4) is 0 Å². The molecule has 2 rings (SSSR count). The molecule has 0 fully saturated rings. The van der Waals surface area contributed by atoms with Crippen LogP contribution in [-0.4, -0.2) is 36.5 Å². The second kappa shape index (κ2) is 8.43. The van der Waals surface area contributed by atoms with Gasteiger partial charge in [-0.25, -0.2) is 8.78 Å². The Morgan fingerprint density at radius 1 is 1.22 bits per heavy atom. The van der Waals surface area contributed by atoms with Gasteiger partial charge in [0.25, 0.3) is 11.6 Å². The van der Waals surface area contributed by atoms with E-state index < -0.39 is 28.2 Å². The molecule has 0 unspecified atom stereocenters. The second-order valence-corrected chi connectivity index (χ2v) is 5.61. The first-order valence-electron chi connectivity index (χ1n) is 7.97. The fourth-order valence-electron chi connectivity index (χ4n) is 2.48. The number of halogens is 2. The third kappa shape index (κ3) is 4.49. The van der Waals surface area contributed by atoms with Crippen molar-refractivity contribution in [2.45, 2.75) is 13.5 Å². The van der Waals surface area contributed by atoms with Gasteiger partial charge in [0.2, 0.25) is 0 Å². The van der Waals surface area contributed by atoms with Gasteiger partial charge in [-0.3, -0.25) is 14.9 Å². The number of ether oxygens (including phenoxy) is 2. The number of methoxy groups -OCH3 is 1. The third-order valence-electron chi connectivity index (χ3n) is 3.78. The van der Waals surface area contributed by atoms with E-state index in [-0.39, 0.29) is 35.8 Å². The van der Waals surface area contributed by atoms with Crippen molar-refractivity contribution in [1.29, 1.82) is 0 Å². The summed E-state index contributed by atoms with van der Waals surface area (Å²) in [7, 11) is 2.70. The molecule has 0 saturated carbocycles. The normalized spacial score (nSPS) is 10.4. The van der Waals surface area contributed by atoms with Crippen molar-refractivity contribution in [3.8, 4) is 11.5 Å². The third-order valence-corrected chi connectivity index (χ3v) is 3.78. The van der Waals surface area contributed by atoms with Gasteiger partial charge in [0.15, 0.2) is 11.5 Å². The molecular weight excluding hydrogens is 362 g/mol. The Morgan fingerprint density at radius 2 is 1.93 bits per heavy atom. The van der Waals surface area contributed by atoms with E-state index in [1.165, 1.54) is 26.3 Å². The van der Waals surface area contributed by atoms with E-state index in [9.17, 15) is 23.7 Å². The summed E-state index contributed by atoms with van der Waals surface area (Å²) in [5.74, 6) is -1.97. The lowest BCUT2D eigenvalue weighted by atomic mass is 10.1. The summed E-state index contributed by atoms with van der Waals surface area (Å²) in [5, 5.41) is 11.4. The summed E-state index contributed by atoms with van der Waals surface area (Å²) in [6.45, 7) is 1.76. The first-order chi connectivity index (χ1) is 12.8. The Balaban J connectivity index is 2.39. The first kappa shape index (κ1) is 20.1. The highest BCUT2D eigenvalue weighted by molar-refractivity contribution is 5.99. The molecule has 0 aromatic heterocycles. The Labute approximate surface area is 154 Å². The van der Waals surface area contributed by atoms with Crippen molar-refractivity contribution in [1.82, 2.24) is 4.90 Å². The second-order valence-electron chi connectivity index (χ2n) is 5.61. The zero-order valence-electron chi connectivity index (χ0n) is 15.0. The van der Waals surface area contributed by atoms with E-state index in [0.717, 1.165) is 17.0 Å². The number of carbonyl (C=O) groups excluding carboxylic acids is 1. The van der Waals surface area contributed by atoms with Gasteiger partial charge in [-0.2, -0.15) is 0 Å². The summed E-state index contributed by atoms with van der Waals surface area (Å²) >= 11 is 0. The Morgan fingerprint density at radius 3 is 2.48 bits per heavy atom. The maximum absolute atomic E-state index is 13.8. The molecule has 0 aliphatic carbocycles. The van der Waals surface area contributed by atoms with Crippen molar-refractivity contribution in [3.63, 3.8) is 0 Å². The fraction of sp³-hybridized carbons (Fsp3) is 0.278. The molecule has 0 aliphatic heterocycles. The number of hydrogen-bond donors (Lipinski definition) is 0. The summed E-state index contributed by atoms with van der Waals surface area (Å²) in [6.07, 6.45) is 0. The largest absolute Gasteiger partial charge is 0.493 e. The molecule has 0 atom stereocenters. The van der Waals surface area contributed by atoms with Crippen LogP contribution in [0, 0.1) is 21.7 Å². The molecule has 0 aliphatic rings. The zero-order valence-corrected chi connectivity index (χ0v) is 15.0. The van der Waals surface area contributed by atoms with Gasteiger partial charge < -0.3 is 14.4 Å². The molecule has 0 radical (unpaired) electrons. The number of amides is 1. The fourth-order valence-corrected chi connectivity index (χ4v) is 2.48. The van der Waals surface area contributed by atoms with E-state index in [4.69, 9.17) is 9.47 Å². The lowest BCUT2D eigenvalue weighted by Gasteiger charge is -2.19.